The summed E-state index contributed by atoms with van der Waals surface area (Å²) in [5, 5.41) is 2.55. The maximum Gasteiger partial charge on any atom is 0.251 e. The highest BCUT2D eigenvalue weighted by molar-refractivity contribution is 5.96. The van der Waals surface area contributed by atoms with Gasteiger partial charge in [0, 0.05) is 23.4 Å². The van der Waals surface area contributed by atoms with Gasteiger partial charge in [0.2, 0.25) is 0 Å². The molecular formula is C15H14F2N2O. The fourth-order valence-electron chi connectivity index (χ4n) is 1.85. The largest absolute Gasteiger partial charge is 0.398 e. The lowest BCUT2D eigenvalue weighted by Gasteiger charge is -2.10. The molecule has 0 aromatic heterocycles. The van der Waals surface area contributed by atoms with E-state index in [1.165, 1.54) is 0 Å². The quantitative estimate of drug-likeness (QED) is 0.847. The first-order chi connectivity index (χ1) is 9.49. The predicted octanol–water partition coefficient (Wildman–Crippen LogP) is 2.79. The van der Waals surface area contributed by atoms with E-state index in [0.717, 1.165) is 18.2 Å². The molecular weight excluding hydrogens is 262 g/mol. The van der Waals surface area contributed by atoms with Crippen LogP contribution in [0.1, 0.15) is 21.5 Å². The summed E-state index contributed by atoms with van der Waals surface area (Å²) in [6.45, 7) is 1.64. The van der Waals surface area contributed by atoms with Crippen LogP contribution in [0, 0.1) is 18.6 Å². The van der Waals surface area contributed by atoms with Crippen LogP contribution in [-0.2, 0) is 6.54 Å². The SMILES string of the molecule is Cc1c(N)cccc1C(=O)NCc1cc(F)ccc1F. The number of nitrogens with two attached hydrogens (primary N) is 1. The smallest absolute Gasteiger partial charge is 0.251 e. The number of carbonyl (C=O) groups is 1. The highest BCUT2D eigenvalue weighted by Crippen LogP contribution is 2.16. The van der Waals surface area contributed by atoms with Gasteiger partial charge in [0.1, 0.15) is 11.6 Å². The van der Waals surface area contributed by atoms with Gasteiger partial charge in [0.15, 0.2) is 0 Å². The molecule has 104 valence electrons. The van der Waals surface area contributed by atoms with Gasteiger partial charge in [-0.1, -0.05) is 6.07 Å². The zero-order valence-electron chi connectivity index (χ0n) is 10.9. The number of anilines is 1. The van der Waals surface area contributed by atoms with Crippen molar-refractivity contribution in [2.45, 2.75) is 13.5 Å². The normalized spacial score (nSPS) is 10.3. The van der Waals surface area contributed by atoms with Crippen LogP contribution < -0.4 is 11.1 Å². The van der Waals surface area contributed by atoms with E-state index in [1.54, 1.807) is 25.1 Å². The number of nitrogen functional groups attached to an aromatic ring is 1. The Balaban J connectivity index is 2.13. The summed E-state index contributed by atoms with van der Waals surface area (Å²) >= 11 is 0. The summed E-state index contributed by atoms with van der Waals surface area (Å²) in [5.74, 6) is -1.48. The van der Waals surface area contributed by atoms with Crippen molar-refractivity contribution in [1.29, 1.82) is 0 Å². The van der Waals surface area contributed by atoms with Gasteiger partial charge in [-0.25, -0.2) is 8.78 Å². The Bertz CT molecular complexity index is 656. The van der Waals surface area contributed by atoms with Crippen LogP contribution in [0.2, 0.25) is 0 Å². The van der Waals surface area contributed by atoms with Gasteiger partial charge in [0.05, 0.1) is 0 Å². The third-order valence-electron chi connectivity index (χ3n) is 3.07. The van der Waals surface area contributed by atoms with E-state index >= 15 is 0 Å². The van der Waals surface area contributed by atoms with E-state index in [9.17, 15) is 13.6 Å². The Kier molecular flexibility index (Phi) is 3.98. The monoisotopic (exact) mass is 276 g/mol. The molecule has 0 aliphatic heterocycles. The number of halogens is 2. The van der Waals surface area contributed by atoms with Gasteiger partial charge >= 0.3 is 0 Å². The van der Waals surface area contributed by atoms with Crippen molar-refractivity contribution in [2.24, 2.45) is 0 Å². The topological polar surface area (TPSA) is 55.1 Å². The molecule has 2 rings (SSSR count). The van der Waals surface area contributed by atoms with Crippen LogP contribution >= 0.6 is 0 Å². The lowest BCUT2D eigenvalue weighted by atomic mass is 10.1. The van der Waals surface area contributed by atoms with E-state index < -0.39 is 11.6 Å². The number of carbonyl (C=O) groups excluding carboxylic acids is 1. The molecule has 0 atom stereocenters. The van der Waals surface area contributed by atoms with E-state index in [2.05, 4.69) is 5.32 Å². The fourth-order valence-corrected chi connectivity index (χ4v) is 1.85. The molecule has 0 radical (unpaired) electrons. The molecule has 20 heavy (non-hydrogen) atoms. The molecule has 5 heteroatoms. The van der Waals surface area contributed by atoms with Crippen LogP contribution in [0.3, 0.4) is 0 Å². The number of benzene rings is 2. The summed E-state index contributed by atoms with van der Waals surface area (Å²) < 4.78 is 26.4. The first-order valence-electron chi connectivity index (χ1n) is 6.06. The first kappa shape index (κ1) is 14.0. The lowest BCUT2D eigenvalue weighted by Crippen LogP contribution is -2.24. The highest BCUT2D eigenvalue weighted by Gasteiger charge is 2.11. The fraction of sp³-hybridized carbons (Fsp3) is 0.133. The second-order valence-corrected chi connectivity index (χ2v) is 4.44. The van der Waals surface area contributed by atoms with Gasteiger partial charge in [-0.15, -0.1) is 0 Å². The van der Waals surface area contributed by atoms with Crippen LogP contribution in [-0.4, -0.2) is 5.91 Å². The van der Waals surface area contributed by atoms with Gasteiger partial charge in [-0.2, -0.15) is 0 Å². The standard InChI is InChI=1S/C15H14F2N2O/c1-9-12(3-2-4-14(9)18)15(20)19-8-10-7-11(16)5-6-13(10)17/h2-7H,8,18H2,1H3,(H,19,20). The highest BCUT2D eigenvalue weighted by atomic mass is 19.1. The predicted molar refractivity (Wildman–Crippen MR) is 73.1 cm³/mol. The van der Waals surface area contributed by atoms with Crippen molar-refractivity contribution in [1.82, 2.24) is 5.32 Å². The molecule has 0 bridgehead atoms. The van der Waals surface area contributed by atoms with Crippen LogP contribution in [0.4, 0.5) is 14.5 Å². The average Bonchev–Trinajstić information content (AvgIpc) is 2.42. The Morgan fingerprint density at radius 1 is 1.25 bits per heavy atom. The van der Waals surface area contributed by atoms with Gasteiger partial charge in [0.25, 0.3) is 5.91 Å². The number of rotatable bonds is 3. The molecule has 3 N–H and O–H groups in total. The minimum absolute atomic E-state index is 0.0866. The maximum atomic E-state index is 13.4. The molecule has 0 heterocycles. The second kappa shape index (κ2) is 5.69. The molecule has 0 aliphatic rings. The molecule has 2 aromatic carbocycles. The van der Waals surface area contributed by atoms with Crippen LogP contribution in [0.25, 0.3) is 0 Å². The van der Waals surface area contributed by atoms with E-state index in [-0.39, 0.29) is 18.0 Å². The third-order valence-corrected chi connectivity index (χ3v) is 3.07. The van der Waals surface area contributed by atoms with Crippen LogP contribution in [0.5, 0.6) is 0 Å². The summed E-state index contributed by atoms with van der Waals surface area (Å²) in [6.07, 6.45) is 0. The average molecular weight is 276 g/mol. The van der Waals surface area contributed by atoms with Crippen molar-refractivity contribution >= 4 is 11.6 Å². The minimum atomic E-state index is -0.559. The van der Waals surface area contributed by atoms with Crippen molar-refractivity contribution in [3.63, 3.8) is 0 Å². The number of nitrogens with one attached hydrogen (secondary N) is 1. The van der Waals surface area contributed by atoms with Gasteiger partial charge < -0.3 is 11.1 Å². The molecule has 1 amide bonds. The van der Waals surface area contributed by atoms with E-state index in [1.807, 2.05) is 0 Å². The zero-order valence-corrected chi connectivity index (χ0v) is 10.9. The summed E-state index contributed by atoms with van der Waals surface area (Å²) in [4.78, 5) is 12.0. The van der Waals surface area contributed by atoms with Gasteiger partial charge in [-0.05, 0) is 42.8 Å². The molecule has 0 spiro atoms. The molecule has 0 saturated heterocycles. The Morgan fingerprint density at radius 3 is 2.75 bits per heavy atom. The molecule has 0 aliphatic carbocycles. The maximum absolute atomic E-state index is 13.4. The molecule has 0 saturated carbocycles. The van der Waals surface area contributed by atoms with Gasteiger partial charge in [-0.3, -0.25) is 4.79 Å². The van der Waals surface area contributed by atoms with E-state index in [4.69, 9.17) is 5.73 Å². The summed E-state index contributed by atoms with van der Waals surface area (Å²) in [5.41, 5.74) is 7.40. The third kappa shape index (κ3) is 2.93. The summed E-state index contributed by atoms with van der Waals surface area (Å²) in [7, 11) is 0. The molecule has 3 nitrogen and oxygen atoms in total. The van der Waals surface area contributed by atoms with Crippen molar-refractivity contribution < 1.29 is 13.6 Å². The number of hydrogen-bond donors (Lipinski definition) is 2. The number of amides is 1. The van der Waals surface area contributed by atoms with Crippen molar-refractivity contribution in [3.05, 3.63) is 64.7 Å². The molecule has 0 unspecified atom stereocenters. The van der Waals surface area contributed by atoms with Crippen molar-refractivity contribution in [3.8, 4) is 0 Å². The summed E-state index contributed by atoms with van der Waals surface area (Å²) in [6, 6.07) is 8.11. The Morgan fingerprint density at radius 2 is 2.00 bits per heavy atom. The van der Waals surface area contributed by atoms with Crippen LogP contribution in [0.15, 0.2) is 36.4 Å². The zero-order chi connectivity index (χ0) is 14.7. The first-order valence-corrected chi connectivity index (χ1v) is 6.06. The molecule has 2 aromatic rings. The van der Waals surface area contributed by atoms with E-state index in [0.29, 0.717) is 16.8 Å². The number of hydrogen-bond acceptors (Lipinski definition) is 2. The van der Waals surface area contributed by atoms with Crippen molar-refractivity contribution in [2.75, 3.05) is 5.73 Å². The molecule has 0 fully saturated rings. The Labute approximate surface area is 115 Å². The lowest BCUT2D eigenvalue weighted by molar-refractivity contribution is 0.0950. The second-order valence-electron chi connectivity index (χ2n) is 4.44. The minimum Gasteiger partial charge on any atom is -0.398 e. The Hall–Kier alpha value is -2.43.